The van der Waals surface area contributed by atoms with Gasteiger partial charge in [0.25, 0.3) is 0 Å². The van der Waals surface area contributed by atoms with Crippen LogP contribution in [0, 0.1) is 35.0 Å². The van der Waals surface area contributed by atoms with E-state index in [1.165, 1.54) is 32.2 Å². The molecule has 0 atom stereocenters. The molecular weight excluding hydrogens is 218 g/mol. The van der Waals surface area contributed by atoms with Crippen LogP contribution in [0.15, 0.2) is 0 Å². The fourth-order valence-corrected chi connectivity index (χ4v) is 6.98. The Labute approximate surface area is 112 Å². The van der Waals surface area contributed by atoms with E-state index in [0.29, 0.717) is 5.41 Å². The van der Waals surface area contributed by atoms with Crippen LogP contribution in [0.2, 0.25) is 0 Å². The van der Waals surface area contributed by atoms with E-state index in [0.717, 1.165) is 29.6 Å². The molecule has 0 aromatic heterocycles. The summed E-state index contributed by atoms with van der Waals surface area (Å²) in [6, 6.07) is 0. The molecule has 5 fully saturated rings. The van der Waals surface area contributed by atoms with E-state index in [9.17, 15) is 0 Å². The van der Waals surface area contributed by atoms with Crippen molar-refractivity contribution in [3.8, 4) is 0 Å². The van der Waals surface area contributed by atoms with Crippen LogP contribution in [0.4, 0.5) is 0 Å². The summed E-state index contributed by atoms with van der Waals surface area (Å²) in [6.45, 7) is 1.31. The number of hydrogen-bond acceptors (Lipinski definition) is 1. The molecule has 0 radical (unpaired) electrons. The quantitative estimate of drug-likeness (QED) is 0.799. The molecule has 4 bridgehead atoms. The molecule has 0 amide bonds. The maximum atomic E-state index is 3.56. The van der Waals surface area contributed by atoms with Gasteiger partial charge < -0.3 is 5.32 Å². The average Bonchev–Trinajstić information content (AvgIpc) is 2.77. The fourth-order valence-electron chi connectivity index (χ4n) is 6.98. The lowest BCUT2D eigenvalue weighted by Gasteiger charge is -2.59. The van der Waals surface area contributed by atoms with Crippen molar-refractivity contribution in [3.63, 3.8) is 0 Å². The van der Waals surface area contributed by atoms with Crippen molar-refractivity contribution < 1.29 is 0 Å². The van der Waals surface area contributed by atoms with Gasteiger partial charge in [0.05, 0.1) is 0 Å². The van der Waals surface area contributed by atoms with Gasteiger partial charge in [-0.25, -0.2) is 0 Å². The third-order valence-electron chi connectivity index (χ3n) is 7.06. The van der Waals surface area contributed by atoms with Crippen molar-refractivity contribution in [2.45, 2.75) is 57.8 Å². The smallest absolute Gasteiger partial charge is 0.000767 e. The number of hydrogen-bond donors (Lipinski definition) is 1. The summed E-state index contributed by atoms with van der Waals surface area (Å²) < 4.78 is 0. The van der Waals surface area contributed by atoms with E-state index in [2.05, 4.69) is 12.4 Å². The number of rotatable bonds is 3. The summed E-state index contributed by atoms with van der Waals surface area (Å²) in [7, 11) is 2.18. The van der Waals surface area contributed by atoms with Crippen molar-refractivity contribution in [2.24, 2.45) is 35.0 Å². The Morgan fingerprint density at radius 1 is 0.889 bits per heavy atom. The molecule has 0 aromatic carbocycles. The van der Waals surface area contributed by atoms with Gasteiger partial charge in [0.2, 0.25) is 0 Å². The van der Waals surface area contributed by atoms with Crippen LogP contribution in [0.1, 0.15) is 57.8 Å². The first kappa shape index (κ1) is 11.8. The van der Waals surface area contributed by atoms with Crippen molar-refractivity contribution in [2.75, 3.05) is 13.6 Å². The molecule has 0 aliphatic heterocycles. The first-order valence-electron chi connectivity index (χ1n) is 8.45. The summed E-state index contributed by atoms with van der Waals surface area (Å²) in [5.74, 6) is 5.61. The largest absolute Gasteiger partial charge is 0.319 e. The van der Waals surface area contributed by atoms with E-state index in [1.807, 2.05) is 0 Å². The fraction of sp³-hybridized carbons (Fsp3) is 1.00. The van der Waals surface area contributed by atoms with Gasteiger partial charge >= 0.3 is 0 Å². The molecule has 0 aromatic rings. The lowest BCUT2D eigenvalue weighted by molar-refractivity contribution is -0.0945. The zero-order valence-corrected chi connectivity index (χ0v) is 12.0. The standard InChI is InChI=1S/C17H29N/c1-18-11-17(4-2-3-5-17)16-14-7-12-6-13(9-14)10-15(16)8-12/h12-16,18H,2-11H2,1H3. The summed E-state index contributed by atoms with van der Waals surface area (Å²) in [4.78, 5) is 0. The summed E-state index contributed by atoms with van der Waals surface area (Å²) in [5.41, 5.74) is 0.706. The highest BCUT2D eigenvalue weighted by atomic mass is 14.8. The van der Waals surface area contributed by atoms with Gasteiger partial charge in [0.1, 0.15) is 0 Å². The Bertz CT molecular complexity index is 288. The van der Waals surface area contributed by atoms with Gasteiger partial charge in [-0.05, 0) is 87.0 Å². The van der Waals surface area contributed by atoms with Crippen LogP contribution in [0.5, 0.6) is 0 Å². The zero-order chi connectivity index (χ0) is 12.2. The van der Waals surface area contributed by atoms with Gasteiger partial charge in [0, 0.05) is 6.54 Å². The predicted octanol–water partition coefficient (Wildman–Crippen LogP) is 3.84. The Kier molecular flexibility index (Phi) is 2.76. The average molecular weight is 247 g/mol. The van der Waals surface area contributed by atoms with Gasteiger partial charge in [-0.2, -0.15) is 0 Å². The molecule has 18 heavy (non-hydrogen) atoms. The molecule has 0 saturated heterocycles. The topological polar surface area (TPSA) is 12.0 Å². The molecule has 5 rings (SSSR count). The van der Waals surface area contributed by atoms with Crippen molar-refractivity contribution in [3.05, 3.63) is 0 Å². The highest BCUT2D eigenvalue weighted by Crippen LogP contribution is 2.63. The Morgan fingerprint density at radius 2 is 1.44 bits per heavy atom. The highest BCUT2D eigenvalue weighted by Gasteiger charge is 2.55. The second-order valence-electron chi connectivity index (χ2n) is 8.06. The number of nitrogens with one attached hydrogen (secondary N) is 1. The van der Waals surface area contributed by atoms with E-state index in [1.54, 1.807) is 32.1 Å². The molecule has 1 nitrogen and oxygen atoms in total. The monoisotopic (exact) mass is 247 g/mol. The lowest BCUT2D eigenvalue weighted by atomic mass is 9.46. The highest BCUT2D eigenvalue weighted by molar-refractivity contribution is 5.06. The Hall–Kier alpha value is -0.0400. The van der Waals surface area contributed by atoms with Crippen LogP contribution in [-0.2, 0) is 0 Å². The van der Waals surface area contributed by atoms with Crippen LogP contribution in [0.25, 0.3) is 0 Å². The van der Waals surface area contributed by atoms with E-state index in [4.69, 9.17) is 0 Å². The normalized spacial score (nSPS) is 48.8. The predicted molar refractivity (Wildman–Crippen MR) is 75.4 cm³/mol. The van der Waals surface area contributed by atoms with Crippen LogP contribution >= 0.6 is 0 Å². The van der Waals surface area contributed by atoms with Gasteiger partial charge in [-0.1, -0.05) is 12.8 Å². The van der Waals surface area contributed by atoms with Gasteiger partial charge in [0.15, 0.2) is 0 Å². The summed E-state index contributed by atoms with van der Waals surface area (Å²) >= 11 is 0. The second-order valence-corrected chi connectivity index (χ2v) is 8.06. The second kappa shape index (κ2) is 4.23. The maximum absolute atomic E-state index is 3.56. The molecule has 0 unspecified atom stereocenters. The molecule has 1 N–H and O–H groups in total. The minimum Gasteiger partial charge on any atom is -0.319 e. The first-order valence-corrected chi connectivity index (χ1v) is 8.45. The molecule has 1 heteroatoms. The molecule has 5 aliphatic rings. The van der Waals surface area contributed by atoms with E-state index < -0.39 is 0 Å². The van der Waals surface area contributed by atoms with Gasteiger partial charge in [-0.15, -0.1) is 0 Å². The van der Waals surface area contributed by atoms with Crippen molar-refractivity contribution in [1.29, 1.82) is 0 Å². The van der Waals surface area contributed by atoms with Crippen molar-refractivity contribution in [1.82, 2.24) is 5.32 Å². The third kappa shape index (κ3) is 1.62. The minimum absolute atomic E-state index is 0.706. The molecular formula is C17H29N. The summed E-state index contributed by atoms with van der Waals surface area (Å²) in [5, 5.41) is 3.56. The molecule has 102 valence electrons. The van der Waals surface area contributed by atoms with Gasteiger partial charge in [-0.3, -0.25) is 0 Å². The summed E-state index contributed by atoms with van der Waals surface area (Å²) in [6.07, 6.45) is 14.1. The Morgan fingerprint density at radius 3 is 1.94 bits per heavy atom. The van der Waals surface area contributed by atoms with Crippen LogP contribution < -0.4 is 5.32 Å². The van der Waals surface area contributed by atoms with Crippen LogP contribution in [-0.4, -0.2) is 13.6 Å². The molecule has 5 aliphatic carbocycles. The molecule has 0 spiro atoms. The lowest BCUT2D eigenvalue weighted by Crippen LogP contribution is -2.53. The Balaban J connectivity index is 1.63. The molecule has 5 saturated carbocycles. The SMILES string of the molecule is CNCC1(C2C3CC4CC(C3)CC2C4)CCCC1. The first-order chi connectivity index (χ1) is 8.81. The third-order valence-corrected chi connectivity index (χ3v) is 7.06. The molecule has 0 heterocycles. The van der Waals surface area contributed by atoms with E-state index >= 15 is 0 Å². The maximum Gasteiger partial charge on any atom is 0.000767 e. The minimum atomic E-state index is 0.706. The van der Waals surface area contributed by atoms with E-state index in [-0.39, 0.29) is 0 Å². The van der Waals surface area contributed by atoms with Crippen molar-refractivity contribution >= 4 is 0 Å². The van der Waals surface area contributed by atoms with Crippen LogP contribution in [0.3, 0.4) is 0 Å². The zero-order valence-electron chi connectivity index (χ0n) is 12.0.